The highest BCUT2D eigenvalue weighted by Gasteiger charge is 2.28. The van der Waals surface area contributed by atoms with E-state index in [0.29, 0.717) is 0 Å². The highest BCUT2D eigenvalue weighted by atomic mass is 32.2. The third kappa shape index (κ3) is 4.18. The molecule has 0 bridgehead atoms. The number of nitrogens with two attached hydrogens (primary N) is 1. The first-order chi connectivity index (χ1) is 10.0. The minimum absolute atomic E-state index is 0.283. The van der Waals surface area contributed by atoms with Crippen LogP contribution in [-0.4, -0.2) is 28.7 Å². The number of aromatic nitrogens is 1. The van der Waals surface area contributed by atoms with Gasteiger partial charge in [0.15, 0.2) is 4.34 Å². The fourth-order valence-corrected chi connectivity index (χ4v) is 4.27. The van der Waals surface area contributed by atoms with Crippen LogP contribution in [0.3, 0.4) is 0 Å². The Kier molecular flexibility index (Phi) is 5.61. The second kappa shape index (κ2) is 7.24. The zero-order chi connectivity index (χ0) is 15.3. The smallest absolute Gasteiger partial charge is 0.237 e. The van der Waals surface area contributed by atoms with Crippen LogP contribution in [0, 0.1) is 0 Å². The number of carbonyl (C=O) groups is 1. The summed E-state index contributed by atoms with van der Waals surface area (Å²) in [5, 5.41) is 3.18. The van der Waals surface area contributed by atoms with Gasteiger partial charge in [-0.25, -0.2) is 4.98 Å². The minimum Gasteiger partial charge on any atom is -0.368 e. The summed E-state index contributed by atoms with van der Waals surface area (Å²) in [5.41, 5.74) is 5.93. The average molecular weight is 323 g/mol. The normalized spacial score (nSPS) is 14.2. The molecule has 21 heavy (non-hydrogen) atoms. The van der Waals surface area contributed by atoms with Gasteiger partial charge in [0, 0.05) is 5.75 Å². The second-order valence-corrected chi connectivity index (χ2v) is 7.50. The first-order valence-electron chi connectivity index (χ1n) is 7.08. The Balaban J connectivity index is 1.85. The first kappa shape index (κ1) is 16.3. The average Bonchev–Trinajstić information content (AvgIpc) is 2.86. The predicted octanol–water partition coefficient (Wildman–Crippen LogP) is 3.02. The maximum atomic E-state index is 11.5. The SMILES string of the molecule is CCNC(C)(CCCSc1nc2ccccc2s1)C(N)=O. The van der Waals surface area contributed by atoms with Crippen LogP contribution in [0.2, 0.25) is 0 Å². The number of primary amides is 1. The van der Waals surface area contributed by atoms with Crippen molar-refractivity contribution in [3.05, 3.63) is 24.3 Å². The van der Waals surface area contributed by atoms with Gasteiger partial charge in [0.1, 0.15) is 0 Å². The fourth-order valence-electron chi connectivity index (χ4n) is 2.19. The highest BCUT2D eigenvalue weighted by molar-refractivity contribution is 8.01. The van der Waals surface area contributed by atoms with E-state index in [1.54, 1.807) is 23.1 Å². The molecular weight excluding hydrogens is 302 g/mol. The number of nitrogens with zero attached hydrogens (tertiary/aromatic N) is 1. The highest BCUT2D eigenvalue weighted by Crippen LogP contribution is 2.30. The van der Waals surface area contributed by atoms with Gasteiger partial charge in [-0.05, 0) is 38.4 Å². The number of hydrogen-bond donors (Lipinski definition) is 2. The number of likely N-dealkylation sites (N-methyl/N-ethyl adjacent to an activating group) is 1. The Hall–Kier alpha value is -1.11. The second-order valence-electron chi connectivity index (χ2n) is 5.13. The molecule has 1 aromatic carbocycles. The molecule has 0 aliphatic rings. The molecule has 2 aromatic rings. The molecule has 0 saturated heterocycles. The number of rotatable bonds is 8. The lowest BCUT2D eigenvalue weighted by Crippen LogP contribution is -2.53. The topological polar surface area (TPSA) is 68.0 Å². The standard InChI is InChI=1S/C15H21N3OS2/c1-3-17-15(2,13(16)19)9-6-10-20-14-18-11-7-4-5-8-12(11)21-14/h4-5,7-8,17H,3,6,9-10H2,1-2H3,(H2,16,19). The number of thioether (sulfide) groups is 1. The summed E-state index contributed by atoms with van der Waals surface area (Å²) in [6, 6.07) is 8.16. The Morgan fingerprint density at radius 2 is 2.24 bits per heavy atom. The van der Waals surface area contributed by atoms with Crippen molar-refractivity contribution in [1.82, 2.24) is 10.3 Å². The zero-order valence-corrected chi connectivity index (χ0v) is 14.0. The molecule has 0 saturated carbocycles. The van der Waals surface area contributed by atoms with E-state index >= 15 is 0 Å². The van der Waals surface area contributed by atoms with Gasteiger partial charge in [0.25, 0.3) is 0 Å². The van der Waals surface area contributed by atoms with E-state index in [0.717, 1.165) is 35.0 Å². The number of nitrogens with one attached hydrogen (secondary N) is 1. The van der Waals surface area contributed by atoms with Crippen molar-refractivity contribution in [3.8, 4) is 0 Å². The largest absolute Gasteiger partial charge is 0.368 e. The van der Waals surface area contributed by atoms with Crippen LogP contribution in [0.1, 0.15) is 26.7 Å². The number of hydrogen-bond acceptors (Lipinski definition) is 5. The van der Waals surface area contributed by atoms with E-state index in [4.69, 9.17) is 5.73 Å². The number of para-hydroxylation sites is 1. The molecule has 0 aliphatic heterocycles. The number of fused-ring (bicyclic) bond motifs is 1. The fraction of sp³-hybridized carbons (Fsp3) is 0.467. The molecule has 0 aliphatic carbocycles. The van der Waals surface area contributed by atoms with Crippen LogP contribution in [0.5, 0.6) is 0 Å². The zero-order valence-electron chi connectivity index (χ0n) is 12.4. The van der Waals surface area contributed by atoms with Gasteiger partial charge in [-0.3, -0.25) is 4.79 Å². The van der Waals surface area contributed by atoms with Crippen molar-refractivity contribution in [2.24, 2.45) is 5.73 Å². The quantitative estimate of drug-likeness (QED) is 0.579. The predicted molar refractivity (Wildman–Crippen MR) is 90.9 cm³/mol. The summed E-state index contributed by atoms with van der Waals surface area (Å²) >= 11 is 3.46. The van der Waals surface area contributed by atoms with Crippen molar-refractivity contribution in [1.29, 1.82) is 0 Å². The molecule has 1 unspecified atom stereocenters. The summed E-state index contributed by atoms with van der Waals surface area (Å²) in [5.74, 6) is 0.656. The van der Waals surface area contributed by atoms with Gasteiger partial charge in [-0.1, -0.05) is 30.8 Å². The minimum atomic E-state index is -0.608. The van der Waals surface area contributed by atoms with Gasteiger partial charge >= 0.3 is 0 Å². The van der Waals surface area contributed by atoms with Gasteiger partial charge < -0.3 is 11.1 Å². The number of thiazole rings is 1. The van der Waals surface area contributed by atoms with Crippen LogP contribution in [0.25, 0.3) is 10.2 Å². The molecule has 4 nitrogen and oxygen atoms in total. The number of benzene rings is 1. The molecule has 114 valence electrons. The van der Waals surface area contributed by atoms with Gasteiger partial charge in [0.2, 0.25) is 5.91 Å². The molecule has 0 spiro atoms. The first-order valence-corrected chi connectivity index (χ1v) is 8.88. The Morgan fingerprint density at radius 3 is 2.90 bits per heavy atom. The molecule has 2 rings (SSSR count). The molecule has 1 amide bonds. The molecule has 1 heterocycles. The van der Waals surface area contributed by atoms with Crippen LogP contribution in [0.4, 0.5) is 0 Å². The molecular formula is C15H21N3OS2. The maximum absolute atomic E-state index is 11.5. The molecule has 3 N–H and O–H groups in total. The Bertz CT molecular complexity index is 581. The summed E-state index contributed by atoms with van der Waals surface area (Å²) in [7, 11) is 0. The number of carbonyl (C=O) groups excluding carboxylic acids is 1. The lowest BCUT2D eigenvalue weighted by molar-refractivity contribution is -0.124. The van der Waals surface area contributed by atoms with Crippen LogP contribution in [-0.2, 0) is 4.79 Å². The summed E-state index contributed by atoms with van der Waals surface area (Å²) in [6.07, 6.45) is 1.67. The van der Waals surface area contributed by atoms with Gasteiger partial charge in [-0.15, -0.1) is 11.3 Å². The van der Waals surface area contributed by atoms with E-state index in [-0.39, 0.29) is 5.91 Å². The van der Waals surface area contributed by atoms with Crippen molar-refractivity contribution in [2.45, 2.75) is 36.6 Å². The van der Waals surface area contributed by atoms with Crippen molar-refractivity contribution in [2.75, 3.05) is 12.3 Å². The molecule has 0 fully saturated rings. The lowest BCUT2D eigenvalue weighted by Gasteiger charge is -2.26. The van der Waals surface area contributed by atoms with E-state index in [1.165, 1.54) is 4.70 Å². The van der Waals surface area contributed by atoms with Crippen molar-refractivity contribution in [3.63, 3.8) is 0 Å². The third-order valence-corrected chi connectivity index (χ3v) is 5.70. The molecule has 0 radical (unpaired) electrons. The van der Waals surface area contributed by atoms with E-state index < -0.39 is 5.54 Å². The third-order valence-electron chi connectivity index (χ3n) is 3.43. The summed E-state index contributed by atoms with van der Waals surface area (Å²) in [4.78, 5) is 16.1. The molecule has 1 aromatic heterocycles. The Morgan fingerprint density at radius 1 is 1.48 bits per heavy atom. The van der Waals surface area contributed by atoms with Crippen molar-refractivity contribution >= 4 is 39.2 Å². The Labute approximate surface area is 133 Å². The molecule has 1 atom stereocenters. The van der Waals surface area contributed by atoms with Crippen LogP contribution in [0.15, 0.2) is 28.6 Å². The summed E-state index contributed by atoms with van der Waals surface area (Å²) < 4.78 is 2.30. The van der Waals surface area contributed by atoms with E-state index in [2.05, 4.69) is 16.4 Å². The van der Waals surface area contributed by atoms with E-state index in [9.17, 15) is 4.79 Å². The van der Waals surface area contributed by atoms with Gasteiger partial charge in [-0.2, -0.15) is 0 Å². The number of amides is 1. The van der Waals surface area contributed by atoms with E-state index in [1.807, 2.05) is 32.0 Å². The molecule has 6 heteroatoms. The monoisotopic (exact) mass is 323 g/mol. The van der Waals surface area contributed by atoms with Crippen molar-refractivity contribution < 1.29 is 4.79 Å². The maximum Gasteiger partial charge on any atom is 0.237 e. The van der Waals surface area contributed by atoms with Crippen LogP contribution < -0.4 is 11.1 Å². The van der Waals surface area contributed by atoms with Crippen LogP contribution >= 0.6 is 23.1 Å². The lowest BCUT2D eigenvalue weighted by atomic mass is 9.95. The summed E-state index contributed by atoms with van der Waals surface area (Å²) in [6.45, 7) is 4.60. The van der Waals surface area contributed by atoms with Gasteiger partial charge in [0.05, 0.1) is 15.8 Å².